The number of fused-ring (bicyclic) bond motifs is 1. The van der Waals surface area contributed by atoms with Crippen molar-refractivity contribution in [3.63, 3.8) is 0 Å². The molecule has 21 heavy (non-hydrogen) atoms. The van der Waals surface area contributed by atoms with Gasteiger partial charge in [0.15, 0.2) is 6.29 Å². The molecule has 0 saturated carbocycles. The summed E-state index contributed by atoms with van der Waals surface area (Å²) in [5.74, 6) is -0.0541. The second-order valence-electron chi connectivity index (χ2n) is 4.79. The van der Waals surface area contributed by atoms with Crippen molar-refractivity contribution in [2.45, 2.75) is 6.42 Å². The van der Waals surface area contributed by atoms with E-state index < -0.39 is 0 Å². The topological polar surface area (TPSA) is 39.1 Å². The Labute approximate surface area is 130 Å². The fourth-order valence-corrected chi connectivity index (χ4v) is 2.63. The molecule has 0 spiro atoms. The Morgan fingerprint density at radius 2 is 1.81 bits per heavy atom. The second kappa shape index (κ2) is 5.66. The quantitative estimate of drug-likeness (QED) is 0.672. The molecule has 0 bridgehead atoms. The number of nitrogens with zero attached hydrogens (tertiary/aromatic N) is 1. The number of halogens is 1. The van der Waals surface area contributed by atoms with Gasteiger partial charge in [-0.05, 0) is 23.8 Å². The number of aromatic nitrogens is 1. The van der Waals surface area contributed by atoms with Crippen molar-refractivity contribution in [2.75, 3.05) is 0 Å². The normalized spacial score (nSPS) is 10.7. The van der Waals surface area contributed by atoms with Crippen LogP contribution in [0.1, 0.15) is 20.7 Å². The van der Waals surface area contributed by atoms with Gasteiger partial charge < -0.3 is 0 Å². The molecular weight excluding hydrogens is 330 g/mol. The summed E-state index contributed by atoms with van der Waals surface area (Å²) in [6, 6.07) is 15.1. The third-order valence-electron chi connectivity index (χ3n) is 3.41. The summed E-state index contributed by atoms with van der Waals surface area (Å²) >= 11 is 3.37. The molecule has 0 N–H and O–H groups in total. The van der Waals surface area contributed by atoms with E-state index in [9.17, 15) is 9.59 Å². The Bertz CT molecular complexity index is 818. The number of benzene rings is 2. The third-order valence-corrected chi connectivity index (χ3v) is 3.94. The summed E-state index contributed by atoms with van der Waals surface area (Å²) in [7, 11) is 0. The predicted octanol–water partition coefficient (Wildman–Crippen LogP) is 4.10. The zero-order valence-corrected chi connectivity index (χ0v) is 12.7. The van der Waals surface area contributed by atoms with Gasteiger partial charge in [0.25, 0.3) is 0 Å². The summed E-state index contributed by atoms with van der Waals surface area (Å²) in [5, 5.41) is 0.802. The molecule has 0 atom stereocenters. The summed E-state index contributed by atoms with van der Waals surface area (Å²) in [5.41, 5.74) is 2.24. The van der Waals surface area contributed by atoms with Crippen molar-refractivity contribution < 1.29 is 9.59 Å². The molecule has 104 valence electrons. The second-order valence-corrected chi connectivity index (χ2v) is 5.70. The highest BCUT2D eigenvalue weighted by Gasteiger charge is 2.13. The van der Waals surface area contributed by atoms with Gasteiger partial charge in [0.2, 0.25) is 5.91 Å². The van der Waals surface area contributed by atoms with E-state index in [1.807, 2.05) is 48.5 Å². The average Bonchev–Trinajstić information content (AvgIpc) is 2.88. The van der Waals surface area contributed by atoms with Crippen LogP contribution in [-0.4, -0.2) is 16.8 Å². The van der Waals surface area contributed by atoms with E-state index in [4.69, 9.17) is 0 Å². The molecule has 1 heterocycles. The van der Waals surface area contributed by atoms with Gasteiger partial charge in [-0.3, -0.25) is 14.2 Å². The smallest absolute Gasteiger partial charge is 0.235 e. The van der Waals surface area contributed by atoms with Crippen LogP contribution in [0.5, 0.6) is 0 Å². The Morgan fingerprint density at radius 3 is 2.52 bits per heavy atom. The maximum Gasteiger partial charge on any atom is 0.235 e. The zero-order chi connectivity index (χ0) is 14.8. The highest BCUT2D eigenvalue weighted by molar-refractivity contribution is 9.10. The van der Waals surface area contributed by atoms with Crippen molar-refractivity contribution in [1.29, 1.82) is 0 Å². The van der Waals surface area contributed by atoms with Crippen LogP contribution in [0.4, 0.5) is 0 Å². The number of rotatable bonds is 3. The first-order valence-corrected chi connectivity index (χ1v) is 7.31. The van der Waals surface area contributed by atoms with Crippen LogP contribution in [0.2, 0.25) is 0 Å². The molecule has 3 aromatic rings. The van der Waals surface area contributed by atoms with E-state index in [0.29, 0.717) is 12.0 Å². The van der Waals surface area contributed by atoms with Crippen LogP contribution < -0.4 is 0 Å². The van der Waals surface area contributed by atoms with Crippen LogP contribution >= 0.6 is 15.9 Å². The highest BCUT2D eigenvalue weighted by atomic mass is 79.9. The maximum absolute atomic E-state index is 12.5. The molecule has 0 unspecified atom stereocenters. The van der Waals surface area contributed by atoms with Gasteiger partial charge in [0.1, 0.15) is 0 Å². The van der Waals surface area contributed by atoms with Crippen molar-refractivity contribution in [3.8, 4) is 0 Å². The minimum Gasteiger partial charge on any atom is -0.298 e. The Balaban J connectivity index is 1.98. The number of aldehydes is 1. The first-order chi connectivity index (χ1) is 10.2. The van der Waals surface area contributed by atoms with Crippen LogP contribution in [0.3, 0.4) is 0 Å². The Hall–Kier alpha value is -2.20. The van der Waals surface area contributed by atoms with Crippen molar-refractivity contribution in [3.05, 3.63) is 70.3 Å². The van der Waals surface area contributed by atoms with Gasteiger partial charge in [0.05, 0.1) is 11.9 Å². The Morgan fingerprint density at radius 1 is 1.10 bits per heavy atom. The molecule has 0 aliphatic rings. The Kier molecular flexibility index (Phi) is 3.71. The number of hydrogen-bond donors (Lipinski definition) is 0. The number of carbonyl (C=O) groups excluding carboxylic acids is 2. The molecule has 4 heteroatoms. The summed E-state index contributed by atoms with van der Waals surface area (Å²) in [6.45, 7) is 0. The first-order valence-electron chi connectivity index (χ1n) is 6.52. The standard InChI is InChI=1S/C17H12BrNO2/c18-14-7-5-12(6-8-14)9-17(21)19-10-13(11-20)15-3-1-2-4-16(15)19/h1-8,10-11H,9H2. The molecule has 0 radical (unpaired) electrons. The van der Waals surface area contributed by atoms with Gasteiger partial charge >= 0.3 is 0 Å². The van der Waals surface area contributed by atoms with E-state index >= 15 is 0 Å². The van der Waals surface area contributed by atoms with Crippen LogP contribution in [0.25, 0.3) is 10.9 Å². The van der Waals surface area contributed by atoms with Crippen molar-refractivity contribution >= 4 is 39.0 Å². The van der Waals surface area contributed by atoms with E-state index in [0.717, 1.165) is 27.2 Å². The summed E-state index contributed by atoms with van der Waals surface area (Å²) in [6.07, 6.45) is 2.69. The molecule has 3 rings (SSSR count). The van der Waals surface area contributed by atoms with E-state index in [-0.39, 0.29) is 5.91 Å². The molecular formula is C17H12BrNO2. The van der Waals surface area contributed by atoms with Crippen LogP contribution in [-0.2, 0) is 6.42 Å². The predicted molar refractivity (Wildman–Crippen MR) is 85.8 cm³/mol. The minimum absolute atomic E-state index is 0.0541. The lowest BCUT2D eigenvalue weighted by atomic mass is 10.1. The minimum atomic E-state index is -0.0541. The number of hydrogen-bond acceptors (Lipinski definition) is 2. The van der Waals surface area contributed by atoms with Crippen LogP contribution in [0.15, 0.2) is 59.2 Å². The largest absolute Gasteiger partial charge is 0.298 e. The van der Waals surface area contributed by atoms with Gasteiger partial charge in [-0.1, -0.05) is 46.3 Å². The van der Waals surface area contributed by atoms with Crippen LogP contribution in [0, 0.1) is 0 Å². The van der Waals surface area contributed by atoms with E-state index in [1.54, 1.807) is 10.8 Å². The number of para-hydroxylation sites is 1. The molecule has 1 aromatic heterocycles. The maximum atomic E-state index is 12.5. The molecule has 0 saturated heterocycles. The molecule has 3 nitrogen and oxygen atoms in total. The monoisotopic (exact) mass is 341 g/mol. The van der Waals surface area contributed by atoms with Gasteiger partial charge in [-0.2, -0.15) is 0 Å². The lowest BCUT2D eigenvalue weighted by molar-refractivity contribution is 0.0919. The lowest BCUT2D eigenvalue weighted by Gasteiger charge is -2.04. The molecule has 0 aliphatic heterocycles. The molecule has 0 aliphatic carbocycles. The fraction of sp³-hybridized carbons (Fsp3) is 0.0588. The van der Waals surface area contributed by atoms with Gasteiger partial charge in [0, 0.05) is 21.6 Å². The van der Waals surface area contributed by atoms with Crippen molar-refractivity contribution in [2.24, 2.45) is 0 Å². The third kappa shape index (κ3) is 2.67. The fourth-order valence-electron chi connectivity index (χ4n) is 2.37. The first kappa shape index (κ1) is 13.8. The molecule has 0 amide bonds. The van der Waals surface area contributed by atoms with Gasteiger partial charge in [-0.15, -0.1) is 0 Å². The SMILES string of the molecule is O=Cc1cn(C(=O)Cc2ccc(Br)cc2)c2ccccc12. The molecule has 0 fully saturated rings. The number of carbonyl (C=O) groups is 2. The average molecular weight is 342 g/mol. The zero-order valence-electron chi connectivity index (χ0n) is 11.1. The van der Waals surface area contributed by atoms with E-state index in [2.05, 4.69) is 15.9 Å². The lowest BCUT2D eigenvalue weighted by Crippen LogP contribution is -2.12. The van der Waals surface area contributed by atoms with Crippen molar-refractivity contribution in [1.82, 2.24) is 4.57 Å². The highest BCUT2D eigenvalue weighted by Crippen LogP contribution is 2.20. The summed E-state index contributed by atoms with van der Waals surface area (Å²) in [4.78, 5) is 23.6. The van der Waals surface area contributed by atoms with Gasteiger partial charge in [-0.25, -0.2) is 0 Å². The summed E-state index contributed by atoms with van der Waals surface area (Å²) < 4.78 is 2.54. The van der Waals surface area contributed by atoms with E-state index in [1.165, 1.54) is 0 Å². The molecule has 2 aromatic carbocycles.